The topological polar surface area (TPSA) is 79.3 Å². The minimum atomic E-state index is -0.511. The van der Waals surface area contributed by atoms with Gasteiger partial charge in [0.15, 0.2) is 0 Å². The van der Waals surface area contributed by atoms with Gasteiger partial charge in [0.1, 0.15) is 12.2 Å². The Labute approximate surface area is 162 Å². The average Bonchev–Trinajstić information content (AvgIpc) is 2.69. The zero-order valence-electron chi connectivity index (χ0n) is 17.4. The van der Waals surface area contributed by atoms with Gasteiger partial charge in [0.2, 0.25) is 0 Å². The van der Waals surface area contributed by atoms with E-state index < -0.39 is 5.60 Å². The van der Waals surface area contributed by atoms with Crippen LogP contribution in [-0.4, -0.2) is 66.0 Å². The summed E-state index contributed by atoms with van der Waals surface area (Å²) in [7, 11) is 1.00. The highest BCUT2D eigenvalue weighted by atomic mass is 16.6. The van der Waals surface area contributed by atoms with Gasteiger partial charge in [-0.1, -0.05) is 44.2 Å². The molecule has 1 aromatic carbocycles. The van der Waals surface area contributed by atoms with E-state index in [9.17, 15) is 9.59 Å². The molecule has 0 saturated carbocycles. The molecule has 154 valence electrons. The van der Waals surface area contributed by atoms with Crippen molar-refractivity contribution in [3.8, 4) is 0 Å². The highest BCUT2D eigenvalue weighted by Gasteiger charge is 2.28. The number of ether oxygens (including phenoxy) is 2. The predicted molar refractivity (Wildman–Crippen MR) is 105 cm³/mol. The summed E-state index contributed by atoms with van der Waals surface area (Å²) in [4.78, 5) is 27.2. The maximum Gasteiger partial charge on any atom is 0.410 e. The Morgan fingerprint density at radius 2 is 1.37 bits per heavy atom. The normalized spacial score (nSPS) is 13.4. The third-order valence-corrected chi connectivity index (χ3v) is 3.39. The second-order valence-corrected chi connectivity index (χ2v) is 6.49. The summed E-state index contributed by atoms with van der Waals surface area (Å²) in [5.74, 6) is 0. The number of benzene rings is 1. The summed E-state index contributed by atoms with van der Waals surface area (Å²) >= 11 is 0. The molecule has 0 aromatic heterocycles. The lowest BCUT2D eigenvalue weighted by molar-refractivity contribution is 0.0125. The molecule has 1 fully saturated rings. The van der Waals surface area contributed by atoms with Gasteiger partial charge < -0.3 is 24.4 Å². The zero-order valence-corrected chi connectivity index (χ0v) is 17.4. The number of rotatable bonds is 2. The van der Waals surface area contributed by atoms with E-state index >= 15 is 0 Å². The molecule has 27 heavy (non-hydrogen) atoms. The number of carbonyl (C=O) groups is 2. The molecule has 0 bridgehead atoms. The van der Waals surface area contributed by atoms with Gasteiger partial charge >= 0.3 is 12.2 Å². The monoisotopic (exact) mass is 382 g/mol. The summed E-state index contributed by atoms with van der Waals surface area (Å²) in [5, 5.41) is 7.00. The van der Waals surface area contributed by atoms with E-state index in [1.807, 2.05) is 65.0 Å². The molecular weight excluding hydrogens is 348 g/mol. The van der Waals surface area contributed by atoms with Crippen molar-refractivity contribution in [2.75, 3.05) is 33.3 Å². The summed E-state index contributed by atoms with van der Waals surface area (Å²) in [6.07, 6.45) is -0.688. The van der Waals surface area contributed by atoms with Crippen LogP contribution in [0.1, 0.15) is 40.2 Å². The van der Waals surface area contributed by atoms with Crippen LogP contribution in [0.5, 0.6) is 0 Å². The molecule has 1 aliphatic rings. The fourth-order valence-corrected chi connectivity index (χ4v) is 2.21. The Morgan fingerprint density at radius 1 is 0.926 bits per heavy atom. The molecule has 0 radical (unpaired) electrons. The number of piperazine rings is 1. The second-order valence-electron chi connectivity index (χ2n) is 6.49. The van der Waals surface area contributed by atoms with Crippen molar-refractivity contribution in [3.63, 3.8) is 0 Å². The van der Waals surface area contributed by atoms with Gasteiger partial charge in [-0.05, 0) is 26.3 Å². The number of aliphatic hydroxyl groups is 1. The standard InChI is InChI=1S/C17H24N2O4.C2H6.CH4O/c1-17(2,3)23-16(21)19-11-9-18(10-12-19)15(20)22-13-14-7-5-4-6-8-14;2*1-2/h4-8H,9-13H2,1-3H3;1-2H3;2H,1H3. The van der Waals surface area contributed by atoms with E-state index in [0.717, 1.165) is 12.7 Å². The van der Waals surface area contributed by atoms with Crippen molar-refractivity contribution in [3.05, 3.63) is 35.9 Å². The van der Waals surface area contributed by atoms with Crippen molar-refractivity contribution < 1.29 is 24.2 Å². The first kappa shape index (κ1) is 24.7. The van der Waals surface area contributed by atoms with Gasteiger partial charge in [-0.25, -0.2) is 9.59 Å². The van der Waals surface area contributed by atoms with Gasteiger partial charge in [0.05, 0.1) is 0 Å². The molecule has 1 aliphatic heterocycles. The molecular formula is C20H34N2O5. The van der Waals surface area contributed by atoms with Gasteiger partial charge in [-0.2, -0.15) is 0 Å². The van der Waals surface area contributed by atoms with Crippen LogP contribution in [0.15, 0.2) is 30.3 Å². The van der Waals surface area contributed by atoms with Crippen LogP contribution in [0.25, 0.3) is 0 Å². The molecule has 7 heteroatoms. The lowest BCUT2D eigenvalue weighted by Crippen LogP contribution is -2.51. The molecule has 2 rings (SSSR count). The van der Waals surface area contributed by atoms with Crippen molar-refractivity contribution in [1.29, 1.82) is 0 Å². The van der Waals surface area contributed by atoms with Crippen LogP contribution in [0.2, 0.25) is 0 Å². The molecule has 0 unspecified atom stereocenters. The van der Waals surface area contributed by atoms with Crippen LogP contribution in [0.4, 0.5) is 9.59 Å². The van der Waals surface area contributed by atoms with Crippen LogP contribution in [0, 0.1) is 0 Å². The lowest BCUT2D eigenvalue weighted by atomic mass is 10.2. The molecule has 2 amide bonds. The maximum atomic E-state index is 12.0. The highest BCUT2D eigenvalue weighted by molar-refractivity contribution is 5.70. The molecule has 1 heterocycles. The molecule has 0 atom stereocenters. The Bertz CT molecular complexity index is 535. The minimum Gasteiger partial charge on any atom is -0.445 e. The first-order chi connectivity index (χ1) is 12.8. The molecule has 1 saturated heterocycles. The number of carbonyl (C=O) groups excluding carboxylic acids is 2. The minimum absolute atomic E-state index is 0.256. The van der Waals surface area contributed by atoms with E-state index in [2.05, 4.69) is 0 Å². The van der Waals surface area contributed by atoms with Gasteiger partial charge in [-0.15, -0.1) is 0 Å². The number of aliphatic hydroxyl groups excluding tert-OH is 1. The quantitative estimate of drug-likeness (QED) is 0.847. The fraction of sp³-hybridized carbons (Fsp3) is 0.600. The zero-order chi connectivity index (χ0) is 20.9. The van der Waals surface area contributed by atoms with Crippen molar-refractivity contribution >= 4 is 12.2 Å². The second kappa shape index (κ2) is 13.0. The van der Waals surface area contributed by atoms with Gasteiger partial charge in [-0.3, -0.25) is 0 Å². The number of nitrogens with zero attached hydrogens (tertiary/aromatic N) is 2. The Kier molecular flexibility index (Phi) is 11.9. The number of hydrogen-bond acceptors (Lipinski definition) is 5. The van der Waals surface area contributed by atoms with E-state index in [1.54, 1.807) is 9.80 Å². The highest BCUT2D eigenvalue weighted by Crippen LogP contribution is 2.12. The van der Waals surface area contributed by atoms with Gasteiger partial charge in [0.25, 0.3) is 0 Å². The largest absolute Gasteiger partial charge is 0.445 e. The smallest absolute Gasteiger partial charge is 0.410 e. The summed E-state index contributed by atoms with van der Waals surface area (Å²) < 4.78 is 10.6. The van der Waals surface area contributed by atoms with Crippen molar-refractivity contribution in [2.24, 2.45) is 0 Å². The summed E-state index contributed by atoms with van der Waals surface area (Å²) in [6.45, 7) is 11.6. The van der Waals surface area contributed by atoms with Crippen LogP contribution >= 0.6 is 0 Å². The Balaban J connectivity index is 0.00000158. The van der Waals surface area contributed by atoms with E-state index in [-0.39, 0.29) is 18.8 Å². The first-order valence-corrected chi connectivity index (χ1v) is 9.23. The van der Waals surface area contributed by atoms with Gasteiger partial charge in [0, 0.05) is 33.3 Å². The number of hydrogen-bond donors (Lipinski definition) is 1. The van der Waals surface area contributed by atoms with Crippen molar-refractivity contribution in [2.45, 2.75) is 46.8 Å². The van der Waals surface area contributed by atoms with E-state index in [4.69, 9.17) is 14.6 Å². The van der Waals surface area contributed by atoms with Crippen LogP contribution < -0.4 is 0 Å². The first-order valence-electron chi connectivity index (χ1n) is 9.23. The molecule has 0 spiro atoms. The Morgan fingerprint density at radius 3 is 1.81 bits per heavy atom. The predicted octanol–water partition coefficient (Wildman–Crippen LogP) is 3.51. The van der Waals surface area contributed by atoms with Crippen LogP contribution in [-0.2, 0) is 16.1 Å². The third kappa shape index (κ3) is 9.84. The molecule has 1 aromatic rings. The SMILES string of the molecule is CC.CC(C)(C)OC(=O)N1CCN(C(=O)OCc2ccccc2)CC1.CO. The fourth-order valence-electron chi connectivity index (χ4n) is 2.21. The summed E-state index contributed by atoms with van der Waals surface area (Å²) in [5.41, 5.74) is 0.441. The Hall–Kier alpha value is -2.28. The molecule has 7 nitrogen and oxygen atoms in total. The van der Waals surface area contributed by atoms with Crippen LogP contribution in [0.3, 0.4) is 0 Å². The third-order valence-electron chi connectivity index (χ3n) is 3.39. The average molecular weight is 383 g/mol. The van der Waals surface area contributed by atoms with Crippen molar-refractivity contribution in [1.82, 2.24) is 9.80 Å². The summed E-state index contributed by atoms with van der Waals surface area (Å²) in [6, 6.07) is 9.55. The van der Waals surface area contributed by atoms with E-state index in [0.29, 0.717) is 26.2 Å². The lowest BCUT2D eigenvalue weighted by Gasteiger charge is -2.35. The molecule has 1 N–H and O–H groups in total. The number of amides is 2. The molecule has 0 aliphatic carbocycles. The van der Waals surface area contributed by atoms with E-state index in [1.165, 1.54) is 0 Å². The maximum absolute atomic E-state index is 12.0.